The van der Waals surface area contributed by atoms with E-state index in [2.05, 4.69) is 15.4 Å². The number of nitro benzene ring substituents is 1. The molecule has 37 heavy (non-hydrogen) atoms. The number of nitro groups is 1. The summed E-state index contributed by atoms with van der Waals surface area (Å²) in [6.07, 6.45) is 2.95. The lowest BCUT2D eigenvalue weighted by Gasteiger charge is -2.16. The lowest BCUT2D eigenvalue weighted by Crippen LogP contribution is -2.35. The van der Waals surface area contributed by atoms with Crippen LogP contribution in [0.25, 0.3) is 11.0 Å². The maximum Gasteiger partial charge on any atom is 0.269 e. The molecule has 0 aliphatic carbocycles. The van der Waals surface area contributed by atoms with Crippen LogP contribution in [0.4, 0.5) is 11.4 Å². The largest absolute Gasteiger partial charge is 0.354 e. The second kappa shape index (κ2) is 10.0. The number of carbonyl (C=O) groups excluding carboxylic acids is 2. The van der Waals surface area contributed by atoms with Crippen molar-refractivity contribution in [1.29, 1.82) is 0 Å². The van der Waals surface area contributed by atoms with Crippen LogP contribution >= 0.6 is 0 Å². The fraction of sp³-hybridized carbons (Fsp3) is 0.240. The van der Waals surface area contributed by atoms with Gasteiger partial charge in [-0.3, -0.25) is 29.1 Å². The van der Waals surface area contributed by atoms with Crippen molar-refractivity contribution in [1.82, 2.24) is 24.6 Å². The molecule has 0 spiro atoms. The van der Waals surface area contributed by atoms with Gasteiger partial charge in [0.2, 0.25) is 11.8 Å². The number of benzene rings is 2. The van der Waals surface area contributed by atoms with E-state index in [1.165, 1.54) is 33.9 Å². The number of non-ortho nitro benzene ring substituents is 1. The first-order chi connectivity index (χ1) is 17.9. The number of hydrogen-bond acceptors (Lipinski definition) is 7. The van der Waals surface area contributed by atoms with Crippen molar-refractivity contribution in [2.75, 3.05) is 18.0 Å². The topological polar surface area (TPSA) is 145 Å². The number of rotatable bonds is 8. The van der Waals surface area contributed by atoms with Gasteiger partial charge >= 0.3 is 0 Å². The minimum Gasteiger partial charge on any atom is -0.354 e. The molecule has 1 atom stereocenters. The number of fused-ring (bicyclic) bond motifs is 1. The monoisotopic (exact) mass is 501 g/mol. The van der Waals surface area contributed by atoms with Crippen molar-refractivity contribution >= 4 is 34.2 Å². The molecule has 1 unspecified atom stereocenters. The Bertz CT molecular complexity index is 1550. The standard InChI is InChI=1S/C25H23N7O5/c33-22-12-18(15-30(22)19-6-2-1-3-7-19)24(34)26-9-10-31-23-21(13-28-31)25(35)29(16-27-23)14-17-5-4-8-20(11-17)32(36)37/h1-8,11,13,16,18H,9-10,12,14-15H2,(H,26,34). The van der Waals surface area contributed by atoms with Crippen LogP contribution < -0.4 is 15.8 Å². The normalized spacial score (nSPS) is 15.3. The molecule has 188 valence electrons. The maximum absolute atomic E-state index is 12.9. The Morgan fingerprint density at radius 3 is 2.73 bits per heavy atom. The number of amides is 2. The van der Waals surface area contributed by atoms with Gasteiger partial charge in [0.1, 0.15) is 11.7 Å². The zero-order valence-corrected chi connectivity index (χ0v) is 19.7. The van der Waals surface area contributed by atoms with Crippen LogP contribution in [0.2, 0.25) is 0 Å². The Balaban J connectivity index is 1.21. The molecule has 2 aromatic carbocycles. The van der Waals surface area contributed by atoms with E-state index in [4.69, 9.17) is 0 Å². The summed E-state index contributed by atoms with van der Waals surface area (Å²) in [6.45, 7) is 1.000. The lowest BCUT2D eigenvalue weighted by molar-refractivity contribution is -0.384. The number of para-hydroxylation sites is 1. The predicted molar refractivity (Wildman–Crippen MR) is 134 cm³/mol. The van der Waals surface area contributed by atoms with E-state index in [-0.39, 0.29) is 42.6 Å². The number of nitrogens with zero attached hydrogens (tertiary/aromatic N) is 6. The van der Waals surface area contributed by atoms with Gasteiger partial charge in [-0.15, -0.1) is 0 Å². The molecule has 0 bridgehead atoms. The molecule has 3 heterocycles. The highest BCUT2D eigenvalue weighted by Crippen LogP contribution is 2.24. The Hall–Kier alpha value is -4.87. The SMILES string of the molecule is O=C(NCCn1ncc2c(=O)n(Cc3cccc([N+](=O)[O-])c3)cnc21)C1CC(=O)N(c2ccccc2)C1. The molecule has 12 nitrogen and oxygen atoms in total. The summed E-state index contributed by atoms with van der Waals surface area (Å²) < 4.78 is 2.90. The second-order valence-corrected chi connectivity index (χ2v) is 8.74. The van der Waals surface area contributed by atoms with Crippen LogP contribution in [0.5, 0.6) is 0 Å². The molecule has 1 fully saturated rings. The van der Waals surface area contributed by atoms with Crippen LogP contribution in [0.3, 0.4) is 0 Å². The Morgan fingerprint density at radius 1 is 1.14 bits per heavy atom. The first-order valence-corrected chi connectivity index (χ1v) is 11.7. The van der Waals surface area contributed by atoms with E-state index in [9.17, 15) is 24.5 Å². The third-order valence-electron chi connectivity index (χ3n) is 6.28. The second-order valence-electron chi connectivity index (χ2n) is 8.74. The summed E-state index contributed by atoms with van der Waals surface area (Å²) in [5, 5.41) is 18.4. The molecule has 5 rings (SSSR count). The molecule has 0 radical (unpaired) electrons. The van der Waals surface area contributed by atoms with Crippen molar-refractivity contribution in [2.45, 2.75) is 19.5 Å². The molecular formula is C25H23N7O5. The fourth-order valence-electron chi connectivity index (χ4n) is 4.41. The van der Waals surface area contributed by atoms with Crippen molar-refractivity contribution in [2.24, 2.45) is 5.92 Å². The van der Waals surface area contributed by atoms with Crippen LogP contribution in [0, 0.1) is 16.0 Å². The number of carbonyl (C=O) groups is 2. The van der Waals surface area contributed by atoms with Crippen molar-refractivity contribution in [3.63, 3.8) is 0 Å². The van der Waals surface area contributed by atoms with E-state index in [0.29, 0.717) is 29.7 Å². The molecule has 4 aromatic rings. The number of aromatic nitrogens is 4. The average molecular weight is 502 g/mol. The summed E-state index contributed by atoms with van der Waals surface area (Å²) in [5.41, 5.74) is 1.37. The molecule has 1 N–H and O–H groups in total. The smallest absolute Gasteiger partial charge is 0.269 e. The van der Waals surface area contributed by atoms with Gasteiger partial charge in [0, 0.05) is 37.3 Å². The highest BCUT2D eigenvalue weighted by Gasteiger charge is 2.34. The quantitative estimate of drug-likeness (QED) is 0.286. The Labute approximate surface area is 210 Å². The van der Waals surface area contributed by atoms with Gasteiger partial charge in [-0.05, 0) is 17.7 Å². The molecule has 2 amide bonds. The summed E-state index contributed by atoms with van der Waals surface area (Å²) >= 11 is 0. The number of nitrogens with one attached hydrogen (secondary N) is 1. The van der Waals surface area contributed by atoms with Crippen molar-refractivity contribution in [3.05, 3.63) is 93.2 Å². The van der Waals surface area contributed by atoms with E-state index in [1.807, 2.05) is 30.3 Å². The minimum atomic E-state index is -0.486. The molecule has 2 aromatic heterocycles. The van der Waals surface area contributed by atoms with Crippen molar-refractivity contribution < 1.29 is 14.5 Å². The van der Waals surface area contributed by atoms with Gasteiger partial charge < -0.3 is 10.2 Å². The number of hydrogen-bond donors (Lipinski definition) is 1. The lowest BCUT2D eigenvalue weighted by atomic mass is 10.1. The molecule has 1 saturated heterocycles. The molecule has 0 saturated carbocycles. The Kier molecular flexibility index (Phi) is 6.45. The van der Waals surface area contributed by atoms with Gasteiger partial charge in [-0.2, -0.15) is 5.10 Å². The first-order valence-electron chi connectivity index (χ1n) is 11.7. The van der Waals surface area contributed by atoms with Crippen LogP contribution in [-0.4, -0.2) is 49.2 Å². The molecular weight excluding hydrogens is 478 g/mol. The third kappa shape index (κ3) is 4.94. The summed E-state index contributed by atoms with van der Waals surface area (Å²) in [5.74, 6) is -0.744. The van der Waals surface area contributed by atoms with Gasteiger partial charge in [-0.1, -0.05) is 30.3 Å². The van der Waals surface area contributed by atoms with E-state index in [0.717, 1.165) is 5.69 Å². The van der Waals surface area contributed by atoms with Gasteiger partial charge in [0.25, 0.3) is 11.2 Å². The van der Waals surface area contributed by atoms with Crippen LogP contribution in [-0.2, 0) is 22.7 Å². The minimum absolute atomic E-state index is 0.0517. The highest BCUT2D eigenvalue weighted by atomic mass is 16.6. The zero-order chi connectivity index (χ0) is 25.9. The number of anilines is 1. The van der Waals surface area contributed by atoms with Crippen LogP contribution in [0.1, 0.15) is 12.0 Å². The fourth-order valence-corrected chi connectivity index (χ4v) is 4.41. The predicted octanol–water partition coefficient (Wildman–Crippen LogP) is 1.72. The molecule has 1 aliphatic heterocycles. The van der Waals surface area contributed by atoms with Gasteiger partial charge in [0.05, 0.1) is 30.1 Å². The van der Waals surface area contributed by atoms with Crippen molar-refractivity contribution in [3.8, 4) is 0 Å². The zero-order valence-electron chi connectivity index (χ0n) is 19.7. The first kappa shape index (κ1) is 23.9. The molecule has 1 aliphatic rings. The van der Waals surface area contributed by atoms with Crippen LogP contribution in [0.15, 0.2) is 71.9 Å². The van der Waals surface area contributed by atoms with Gasteiger partial charge in [-0.25, -0.2) is 9.67 Å². The highest BCUT2D eigenvalue weighted by molar-refractivity contribution is 6.00. The maximum atomic E-state index is 12.9. The summed E-state index contributed by atoms with van der Waals surface area (Å²) in [4.78, 5) is 54.5. The molecule has 12 heteroatoms. The van der Waals surface area contributed by atoms with E-state index >= 15 is 0 Å². The van der Waals surface area contributed by atoms with E-state index < -0.39 is 10.8 Å². The van der Waals surface area contributed by atoms with Gasteiger partial charge in [0.15, 0.2) is 5.65 Å². The third-order valence-corrected chi connectivity index (χ3v) is 6.28. The summed E-state index contributed by atoms with van der Waals surface area (Å²) in [7, 11) is 0. The summed E-state index contributed by atoms with van der Waals surface area (Å²) in [6, 6.07) is 15.3. The average Bonchev–Trinajstić information content (AvgIpc) is 3.50. The van der Waals surface area contributed by atoms with E-state index in [1.54, 1.807) is 17.0 Å². The Morgan fingerprint density at radius 2 is 1.95 bits per heavy atom.